The van der Waals surface area contributed by atoms with Crippen LogP contribution in [0.2, 0.25) is 5.02 Å². The van der Waals surface area contributed by atoms with Crippen molar-refractivity contribution in [2.24, 2.45) is 5.92 Å². The molecule has 0 N–H and O–H groups in total. The molecule has 0 spiro atoms. The van der Waals surface area contributed by atoms with E-state index in [1.807, 2.05) is 18.3 Å². The van der Waals surface area contributed by atoms with Crippen LogP contribution in [0.25, 0.3) is 11.1 Å². The third-order valence-corrected chi connectivity index (χ3v) is 5.65. The van der Waals surface area contributed by atoms with E-state index >= 15 is 0 Å². The van der Waals surface area contributed by atoms with Gasteiger partial charge in [-0.2, -0.15) is 10.2 Å². The van der Waals surface area contributed by atoms with Crippen LogP contribution in [0.15, 0.2) is 36.7 Å². The third-order valence-electron chi connectivity index (χ3n) is 5.41. The maximum absolute atomic E-state index is 6.26. The van der Waals surface area contributed by atoms with Crippen molar-refractivity contribution in [3.63, 3.8) is 0 Å². The molecule has 0 unspecified atom stereocenters. The monoisotopic (exact) mass is 342 g/mol. The van der Waals surface area contributed by atoms with Gasteiger partial charge < -0.3 is 0 Å². The normalized spacial score (nSPS) is 20.9. The lowest BCUT2D eigenvalue weighted by atomic mass is 9.75. The lowest BCUT2D eigenvalue weighted by Gasteiger charge is -2.30. The SMILES string of the molecule is CCCCC[C@H]1CC[C@H](c2ccc(Cl)cc2-c2ccnnc2)CC1. The van der Waals surface area contributed by atoms with Gasteiger partial charge >= 0.3 is 0 Å². The van der Waals surface area contributed by atoms with E-state index < -0.39 is 0 Å². The van der Waals surface area contributed by atoms with E-state index in [4.69, 9.17) is 11.6 Å². The number of halogens is 1. The summed E-state index contributed by atoms with van der Waals surface area (Å²) in [5.74, 6) is 1.58. The van der Waals surface area contributed by atoms with Gasteiger partial charge in [0.05, 0.1) is 12.4 Å². The molecule has 3 rings (SSSR count). The highest BCUT2D eigenvalue weighted by atomic mass is 35.5. The van der Waals surface area contributed by atoms with Crippen molar-refractivity contribution in [1.29, 1.82) is 0 Å². The quantitative estimate of drug-likeness (QED) is 0.549. The summed E-state index contributed by atoms with van der Waals surface area (Å²) < 4.78 is 0. The molecule has 0 aliphatic heterocycles. The molecule has 0 saturated heterocycles. The summed E-state index contributed by atoms with van der Waals surface area (Å²) in [5.41, 5.74) is 3.78. The second kappa shape index (κ2) is 8.62. The molecule has 1 heterocycles. The van der Waals surface area contributed by atoms with Crippen LogP contribution >= 0.6 is 11.6 Å². The Morgan fingerprint density at radius 2 is 1.88 bits per heavy atom. The van der Waals surface area contributed by atoms with Crippen LogP contribution in [-0.4, -0.2) is 10.2 Å². The number of aromatic nitrogens is 2. The van der Waals surface area contributed by atoms with Gasteiger partial charge in [0.25, 0.3) is 0 Å². The molecule has 3 heteroatoms. The van der Waals surface area contributed by atoms with Crippen LogP contribution in [0, 0.1) is 5.92 Å². The number of nitrogens with zero attached hydrogens (tertiary/aromatic N) is 2. The average molecular weight is 343 g/mol. The van der Waals surface area contributed by atoms with Gasteiger partial charge in [-0.3, -0.25) is 0 Å². The third kappa shape index (κ3) is 4.36. The van der Waals surface area contributed by atoms with E-state index in [1.165, 1.54) is 62.5 Å². The first kappa shape index (κ1) is 17.4. The van der Waals surface area contributed by atoms with E-state index in [0.29, 0.717) is 5.92 Å². The van der Waals surface area contributed by atoms with Gasteiger partial charge in [-0.1, -0.05) is 50.3 Å². The Labute approximate surface area is 150 Å². The molecule has 0 atom stereocenters. The fraction of sp³-hybridized carbons (Fsp3) is 0.524. The summed E-state index contributed by atoms with van der Waals surface area (Å²) in [4.78, 5) is 0. The molecule has 0 amide bonds. The predicted octanol–water partition coefficient (Wildman–Crippen LogP) is 6.65. The van der Waals surface area contributed by atoms with E-state index in [9.17, 15) is 0 Å². The zero-order chi connectivity index (χ0) is 16.8. The first-order valence-corrected chi connectivity index (χ1v) is 9.72. The van der Waals surface area contributed by atoms with Crippen molar-refractivity contribution >= 4 is 11.6 Å². The molecule has 1 aliphatic rings. The fourth-order valence-corrected chi connectivity index (χ4v) is 4.20. The summed E-state index contributed by atoms with van der Waals surface area (Å²) in [6.07, 6.45) is 14.4. The predicted molar refractivity (Wildman–Crippen MR) is 101 cm³/mol. The van der Waals surface area contributed by atoms with Crippen molar-refractivity contribution in [1.82, 2.24) is 10.2 Å². The van der Waals surface area contributed by atoms with Crippen molar-refractivity contribution < 1.29 is 0 Å². The lowest BCUT2D eigenvalue weighted by Crippen LogP contribution is -2.14. The largest absolute Gasteiger partial charge is 0.159 e. The molecule has 1 aromatic heterocycles. The zero-order valence-electron chi connectivity index (χ0n) is 14.5. The van der Waals surface area contributed by atoms with Crippen molar-refractivity contribution in [3.05, 3.63) is 47.2 Å². The Balaban J connectivity index is 1.72. The van der Waals surface area contributed by atoms with Gasteiger partial charge in [0, 0.05) is 10.6 Å². The number of hydrogen-bond donors (Lipinski definition) is 0. The number of benzene rings is 1. The van der Waals surface area contributed by atoms with Gasteiger partial charge in [-0.25, -0.2) is 0 Å². The second-order valence-electron chi connectivity index (χ2n) is 7.08. The van der Waals surface area contributed by atoms with Crippen LogP contribution < -0.4 is 0 Å². The Hall–Kier alpha value is -1.41. The van der Waals surface area contributed by atoms with Gasteiger partial charge in [0.2, 0.25) is 0 Å². The minimum absolute atomic E-state index is 0.646. The summed E-state index contributed by atoms with van der Waals surface area (Å²) >= 11 is 6.26. The molecule has 0 radical (unpaired) electrons. The smallest absolute Gasteiger partial charge is 0.0574 e. The molecule has 2 aromatic rings. The topological polar surface area (TPSA) is 25.8 Å². The zero-order valence-corrected chi connectivity index (χ0v) is 15.3. The van der Waals surface area contributed by atoms with Gasteiger partial charge in [0.1, 0.15) is 0 Å². The van der Waals surface area contributed by atoms with Crippen LogP contribution in [0.3, 0.4) is 0 Å². The summed E-state index contributed by atoms with van der Waals surface area (Å²) in [5, 5.41) is 8.73. The van der Waals surface area contributed by atoms with Crippen molar-refractivity contribution in [3.8, 4) is 11.1 Å². The fourth-order valence-electron chi connectivity index (χ4n) is 4.03. The molecular formula is C21H27ClN2. The Morgan fingerprint density at radius 1 is 1.04 bits per heavy atom. The second-order valence-corrected chi connectivity index (χ2v) is 7.51. The van der Waals surface area contributed by atoms with Crippen molar-refractivity contribution in [2.45, 2.75) is 64.2 Å². The first-order valence-electron chi connectivity index (χ1n) is 9.34. The number of unbranched alkanes of at least 4 members (excludes halogenated alkanes) is 2. The minimum Gasteiger partial charge on any atom is -0.159 e. The van der Waals surface area contributed by atoms with Crippen molar-refractivity contribution in [2.75, 3.05) is 0 Å². The summed E-state index contributed by atoms with van der Waals surface area (Å²) in [7, 11) is 0. The van der Waals surface area contributed by atoms with E-state index in [0.717, 1.165) is 16.5 Å². The highest BCUT2D eigenvalue weighted by Crippen LogP contribution is 2.41. The van der Waals surface area contributed by atoms with Gasteiger partial charge in [0.15, 0.2) is 0 Å². The standard InChI is InChI=1S/C21H27ClN2/c1-2-3-4-5-16-6-8-17(9-7-16)20-11-10-19(22)14-21(20)18-12-13-23-24-15-18/h10-17H,2-9H2,1H3/t16-,17-. The molecule has 1 saturated carbocycles. The van der Waals surface area contributed by atoms with E-state index in [1.54, 1.807) is 6.20 Å². The molecule has 2 nitrogen and oxygen atoms in total. The van der Waals surface area contributed by atoms with E-state index in [-0.39, 0.29) is 0 Å². The average Bonchev–Trinajstić information content (AvgIpc) is 2.63. The van der Waals surface area contributed by atoms with E-state index in [2.05, 4.69) is 29.3 Å². The highest BCUT2D eigenvalue weighted by molar-refractivity contribution is 6.30. The van der Waals surface area contributed by atoms with Crippen LogP contribution in [0.4, 0.5) is 0 Å². The van der Waals surface area contributed by atoms with Crippen LogP contribution in [0.5, 0.6) is 0 Å². The summed E-state index contributed by atoms with van der Waals surface area (Å²) in [6.45, 7) is 2.28. The molecule has 1 fully saturated rings. The first-order chi connectivity index (χ1) is 11.8. The molecule has 24 heavy (non-hydrogen) atoms. The Kier molecular flexibility index (Phi) is 6.25. The molecule has 0 bridgehead atoms. The lowest BCUT2D eigenvalue weighted by molar-refractivity contribution is 0.303. The van der Waals surface area contributed by atoms with Gasteiger partial charge in [-0.05, 0) is 66.8 Å². The molecule has 1 aliphatic carbocycles. The Morgan fingerprint density at radius 3 is 2.58 bits per heavy atom. The maximum Gasteiger partial charge on any atom is 0.0574 e. The minimum atomic E-state index is 0.646. The molecule has 128 valence electrons. The highest BCUT2D eigenvalue weighted by Gasteiger charge is 2.24. The van der Waals surface area contributed by atoms with Crippen LogP contribution in [0.1, 0.15) is 69.8 Å². The number of rotatable bonds is 6. The maximum atomic E-state index is 6.26. The molecule has 1 aromatic carbocycles. The molecular weight excluding hydrogens is 316 g/mol. The summed E-state index contributed by atoms with van der Waals surface area (Å²) in [6, 6.07) is 8.36. The number of hydrogen-bond acceptors (Lipinski definition) is 2. The Bertz CT molecular complexity index is 634. The van der Waals surface area contributed by atoms with Crippen LogP contribution in [-0.2, 0) is 0 Å². The van der Waals surface area contributed by atoms with Gasteiger partial charge in [-0.15, -0.1) is 0 Å².